The van der Waals surface area contributed by atoms with Gasteiger partial charge in [0.25, 0.3) is 0 Å². The monoisotopic (exact) mass is 454 g/mol. The molecule has 3 N–H and O–H groups in total. The largest absolute Gasteiger partial charge is 0.454 e. The number of pyridine rings is 1. The molecule has 0 atom stereocenters. The summed E-state index contributed by atoms with van der Waals surface area (Å²) in [6.45, 7) is 0.898. The Labute approximate surface area is 187 Å². The second-order valence-electron chi connectivity index (χ2n) is 6.43. The molecule has 2 heterocycles. The topological polar surface area (TPSA) is 154 Å². The van der Waals surface area contributed by atoms with E-state index in [0.717, 1.165) is 11.8 Å². The van der Waals surface area contributed by atoms with Crippen LogP contribution in [0.2, 0.25) is 0 Å². The van der Waals surface area contributed by atoms with Crippen molar-refractivity contribution >= 4 is 35.1 Å². The number of nitrogens with one attached hydrogen (secondary N) is 1. The molecule has 1 aliphatic heterocycles. The molecule has 2 aromatic rings. The smallest absolute Gasteiger partial charge is 0.341 e. The molecule has 1 aromatic heterocycles. The summed E-state index contributed by atoms with van der Waals surface area (Å²) in [5.74, 6) is -0.723. The number of rotatable bonds is 8. The average Bonchev–Trinajstić information content (AvgIpc) is 3.24. The number of allylic oxidation sites excluding steroid dienone is 1. The number of hydrogen-bond donors (Lipinski definition) is 2. The van der Waals surface area contributed by atoms with Crippen LogP contribution < -0.4 is 20.5 Å². The molecule has 0 fully saturated rings. The zero-order chi connectivity index (χ0) is 23.1. The number of nitriles is 1. The van der Waals surface area contributed by atoms with Gasteiger partial charge in [-0.15, -0.1) is 0 Å². The number of esters is 1. The molecule has 0 spiro atoms. The fourth-order valence-electron chi connectivity index (χ4n) is 2.62. The van der Waals surface area contributed by atoms with Gasteiger partial charge in [-0.25, -0.2) is 9.78 Å². The Bertz CT molecular complexity index is 1140. The molecule has 164 valence electrons. The van der Waals surface area contributed by atoms with Gasteiger partial charge in [0.05, 0.1) is 11.3 Å². The van der Waals surface area contributed by atoms with E-state index in [4.69, 9.17) is 25.2 Å². The summed E-state index contributed by atoms with van der Waals surface area (Å²) in [7, 11) is 0. The third-order valence-corrected chi connectivity index (χ3v) is 5.11. The number of amides is 1. The van der Waals surface area contributed by atoms with Gasteiger partial charge < -0.3 is 25.3 Å². The molecule has 3 rings (SSSR count). The van der Waals surface area contributed by atoms with Gasteiger partial charge in [-0.1, -0.05) is 11.8 Å². The summed E-state index contributed by atoms with van der Waals surface area (Å²) in [5.41, 5.74) is 5.88. The summed E-state index contributed by atoms with van der Waals surface area (Å²) in [6.07, 6.45) is 1.47. The van der Waals surface area contributed by atoms with Crippen LogP contribution in [-0.4, -0.2) is 41.8 Å². The molecule has 10 nitrogen and oxygen atoms in total. The molecule has 0 aliphatic carbocycles. The second kappa shape index (κ2) is 10.3. The van der Waals surface area contributed by atoms with E-state index in [9.17, 15) is 14.4 Å². The van der Waals surface area contributed by atoms with Crippen molar-refractivity contribution in [3.05, 3.63) is 53.4 Å². The van der Waals surface area contributed by atoms with Crippen molar-refractivity contribution in [2.24, 2.45) is 5.73 Å². The predicted octanol–water partition coefficient (Wildman–Crippen LogP) is 2.02. The summed E-state index contributed by atoms with van der Waals surface area (Å²) in [5, 5.41) is 11.9. The molecule has 11 heteroatoms. The Kier molecular flexibility index (Phi) is 7.30. The van der Waals surface area contributed by atoms with Crippen molar-refractivity contribution in [3.8, 4) is 17.6 Å². The lowest BCUT2D eigenvalue weighted by atomic mass is 10.1. The SMILES string of the molecule is C/C(N)=C(\C#N)C(=O)COC(=O)c1cccnc1SCC(=O)Nc1ccc2c(c1)OCO2. The number of hydrogen-bond acceptors (Lipinski definition) is 10. The normalized spacial score (nSPS) is 12.4. The minimum absolute atomic E-state index is 0.0294. The number of anilines is 1. The van der Waals surface area contributed by atoms with Gasteiger partial charge in [0, 0.05) is 23.6 Å². The number of nitrogens with zero attached hydrogens (tertiary/aromatic N) is 2. The molecule has 0 bridgehead atoms. The van der Waals surface area contributed by atoms with E-state index in [1.54, 1.807) is 24.3 Å². The van der Waals surface area contributed by atoms with Crippen LogP contribution in [-0.2, 0) is 14.3 Å². The first-order chi connectivity index (χ1) is 15.4. The van der Waals surface area contributed by atoms with E-state index in [2.05, 4.69) is 10.3 Å². The zero-order valence-electron chi connectivity index (χ0n) is 16.9. The lowest BCUT2D eigenvalue weighted by molar-refractivity contribution is -0.118. The standard InChI is InChI=1S/C21H18N4O6S/c1-12(23)15(8-22)16(26)9-29-21(28)14-3-2-6-24-20(14)32-10-19(27)25-13-4-5-17-18(7-13)31-11-30-17/h2-7H,9-11,23H2,1H3,(H,25,27)/b15-12-. The van der Waals surface area contributed by atoms with Crippen molar-refractivity contribution < 1.29 is 28.6 Å². The van der Waals surface area contributed by atoms with E-state index < -0.39 is 18.4 Å². The maximum Gasteiger partial charge on any atom is 0.341 e. The highest BCUT2D eigenvalue weighted by atomic mass is 32.2. The van der Waals surface area contributed by atoms with Crippen molar-refractivity contribution in [1.82, 2.24) is 4.98 Å². The number of ketones is 1. The Morgan fingerprint density at radius 3 is 2.81 bits per heavy atom. The maximum absolute atomic E-state index is 12.4. The van der Waals surface area contributed by atoms with Gasteiger partial charge in [0.1, 0.15) is 16.7 Å². The predicted molar refractivity (Wildman–Crippen MR) is 114 cm³/mol. The van der Waals surface area contributed by atoms with Crippen LogP contribution in [0.5, 0.6) is 11.5 Å². The number of fused-ring (bicyclic) bond motifs is 1. The Morgan fingerprint density at radius 2 is 2.06 bits per heavy atom. The van der Waals surface area contributed by atoms with Crippen LogP contribution in [0.25, 0.3) is 0 Å². The first-order valence-electron chi connectivity index (χ1n) is 9.23. The van der Waals surface area contributed by atoms with E-state index in [-0.39, 0.29) is 40.3 Å². The summed E-state index contributed by atoms with van der Waals surface area (Å²) in [4.78, 5) is 40.8. The van der Waals surface area contributed by atoms with Gasteiger partial charge in [-0.3, -0.25) is 9.59 Å². The number of thioether (sulfide) groups is 1. The Balaban J connectivity index is 1.58. The lowest BCUT2D eigenvalue weighted by Crippen LogP contribution is -2.18. The van der Waals surface area contributed by atoms with Gasteiger partial charge in [0.15, 0.2) is 18.1 Å². The third-order valence-electron chi connectivity index (χ3n) is 4.11. The molecule has 0 saturated carbocycles. The van der Waals surface area contributed by atoms with Crippen LogP contribution in [0.3, 0.4) is 0 Å². The molecule has 1 aliphatic rings. The molecular formula is C21H18N4O6S. The zero-order valence-corrected chi connectivity index (χ0v) is 17.7. The van der Waals surface area contributed by atoms with Crippen LogP contribution >= 0.6 is 11.8 Å². The minimum atomic E-state index is -0.808. The number of nitrogens with two attached hydrogens (primary N) is 1. The molecular weight excluding hydrogens is 436 g/mol. The highest BCUT2D eigenvalue weighted by Crippen LogP contribution is 2.34. The molecule has 0 radical (unpaired) electrons. The highest BCUT2D eigenvalue weighted by molar-refractivity contribution is 8.00. The van der Waals surface area contributed by atoms with E-state index in [1.165, 1.54) is 25.3 Å². The number of benzene rings is 1. The Morgan fingerprint density at radius 1 is 1.28 bits per heavy atom. The summed E-state index contributed by atoms with van der Waals surface area (Å²) < 4.78 is 15.5. The number of Topliss-reactive ketones (excluding diaryl/α,β-unsaturated/α-hetero) is 1. The van der Waals surface area contributed by atoms with Gasteiger partial charge in [-0.2, -0.15) is 5.26 Å². The number of aromatic nitrogens is 1. The highest BCUT2D eigenvalue weighted by Gasteiger charge is 2.19. The summed E-state index contributed by atoms with van der Waals surface area (Å²) in [6, 6.07) is 9.70. The molecule has 32 heavy (non-hydrogen) atoms. The molecule has 1 aromatic carbocycles. The van der Waals surface area contributed by atoms with Crippen LogP contribution in [0.15, 0.2) is 52.8 Å². The van der Waals surface area contributed by atoms with Gasteiger partial charge in [-0.05, 0) is 31.2 Å². The van der Waals surface area contributed by atoms with Crippen molar-refractivity contribution in [1.29, 1.82) is 5.26 Å². The minimum Gasteiger partial charge on any atom is -0.454 e. The number of ether oxygens (including phenoxy) is 3. The van der Waals surface area contributed by atoms with E-state index in [1.807, 2.05) is 0 Å². The van der Waals surface area contributed by atoms with Crippen molar-refractivity contribution in [3.63, 3.8) is 0 Å². The Hall–Kier alpha value is -4.04. The van der Waals surface area contributed by atoms with Crippen LogP contribution in [0, 0.1) is 11.3 Å². The molecule has 1 amide bonds. The number of carbonyl (C=O) groups excluding carboxylic acids is 3. The lowest BCUT2D eigenvalue weighted by Gasteiger charge is -2.09. The van der Waals surface area contributed by atoms with Crippen LogP contribution in [0.1, 0.15) is 17.3 Å². The molecule has 0 unspecified atom stereocenters. The fourth-order valence-corrected chi connectivity index (χ4v) is 3.40. The first-order valence-corrected chi connectivity index (χ1v) is 10.2. The number of carbonyl (C=O) groups is 3. The van der Waals surface area contributed by atoms with E-state index in [0.29, 0.717) is 17.2 Å². The fraction of sp³-hybridized carbons (Fsp3) is 0.190. The first kappa shape index (κ1) is 22.6. The average molecular weight is 454 g/mol. The van der Waals surface area contributed by atoms with Crippen molar-refractivity contribution in [2.75, 3.05) is 24.5 Å². The van der Waals surface area contributed by atoms with Crippen molar-refractivity contribution in [2.45, 2.75) is 11.9 Å². The second-order valence-corrected chi connectivity index (χ2v) is 7.39. The molecule has 0 saturated heterocycles. The van der Waals surface area contributed by atoms with E-state index >= 15 is 0 Å². The summed E-state index contributed by atoms with van der Waals surface area (Å²) >= 11 is 1.03. The van der Waals surface area contributed by atoms with Crippen LogP contribution in [0.4, 0.5) is 5.69 Å². The van der Waals surface area contributed by atoms with Gasteiger partial charge >= 0.3 is 5.97 Å². The maximum atomic E-state index is 12.4. The quantitative estimate of drug-likeness (QED) is 0.262. The third kappa shape index (κ3) is 5.55. The van der Waals surface area contributed by atoms with Gasteiger partial charge in [0.2, 0.25) is 18.5 Å².